The standard InChI is InChI=1S/C18H18Cl2N2O3S/c1-22(2)26(24,25)17-6-4-3-5-14(17)12-21-18(23)8-7-13-9-15(19)11-16(20)10-13/h3-11H,12H2,1-2H3,(H,21,23)/b8-7+. The van der Waals surface area contributed by atoms with Gasteiger partial charge in [-0.2, -0.15) is 0 Å². The molecule has 8 heteroatoms. The number of carbonyl (C=O) groups excluding carboxylic acids is 1. The summed E-state index contributed by atoms with van der Waals surface area (Å²) in [6.07, 6.45) is 2.92. The smallest absolute Gasteiger partial charge is 0.244 e. The number of hydrogen-bond acceptors (Lipinski definition) is 3. The van der Waals surface area contributed by atoms with E-state index in [9.17, 15) is 13.2 Å². The molecule has 26 heavy (non-hydrogen) atoms. The summed E-state index contributed by atoms with van der Waals surface area (Å²) in [4.78, 5) is 12.2. The lowest BCUT2D eigenvalue weighted by Gasteiger charge is -2.15. The van der Waals surface area contributed by atoms with Crippen molar-refractivity contribution in [2.24, 2.45) is 0 Å². The van der Waals surface area contributed by atoms with Gasteiger partial charge in [-0.3, -0.25) is 4.79 Å². The number of hydrogen-bond donors (Lipinski definition) is 1. The summed E-state index contributed by atoms with van der Waals surface area (Å²) in [7, 11) is -0.662. The molecule has 0 aliphatic carbocycles. The predicted octanol–water partition coefficient (Wildman–Crippen LogP) is 3.57. The van der Waals surface area contributed by atoms with Gasteiger partial charge >= 0.3 is 0 Å². The zero-order valence-electron chi connectivity index (χ0n) is 14.2. The van der Waals surface area contributed by atoms with Crippen LogP contribution in [0.25, 0.3) is 6.08 Å². The quantitative estimate of drug-likeness (QED) is 0.737. The van der Waals surface area contributed by atoms with Gasteiger partial charge in [-0.1, -0.05) is 41.4 Å². The molecule has 0 bridgehead atoms. The summed E-state index contributed by atoms with van der Waals surface area (Å²) in [6.45, 7) is 0.0860. The van der Waals surface area contributed by atoms with E-state index in [4.69, 9.17) is 23.2 Å². The number of sulfonamides is 1. The van der Waals surface area contributed by atoms with Gasteiger partial charge in [-0.15, -0.1) is 0 Å². The maximum absolute atomic E-state index is 12.3. The lowest BCUT2D eigenvalue weighted by Crippen LogP contribution is -2.26. The highest BCUT2D eigenvalue weighted by Gasteiger charge is 2.20. The van der Waals surface area contributed by atoms with Gasteiger partial charge in [0.05, 0.1) is 4.90 Å². The first-order chi connectivity index (χ1) is 12.2. The van der Waals surface area contributed by atoms with Crippen LogP contribution in [0.4, 0.5) is 0 Å². The van der Waals surface area contributed by atoms with E-state index >= 15 is 0 Å². The largest absolute Gasteiger partial charge is 0.348 e. The Bertz CT molecular complexity index is 921. The Hall–Kier alpha value is -1.86. The molecule has 2 rings (SSSR count). The second kappa shape index (κ2) is 8.68. The Labute approximate surface area is 163 Å². The lowest BCUT2D eigenvalue weighted by molar-refractivity contribution is -0.116. The van der Waals surface area contributed by atoms with E-state index in [2.05, 4.69) is 5.32 Å². The molecule has 0 atom stereocenters. The van der Waals surface area contributed by atoms with E-state index < -0.39 is 10.0 Å². The van der Waals surface area contributed by atoms with Crippen molar-refractivity contribution in [1.82, 2.24) is 9.62 Å². The van der Waals surface area contributed by atoms with Crippen molar-refractivity contribution in [3.05, 3.63) is 69.7 Å². The van der Waals surface area contributed by atoms with Crippen LogP contribution < -0.4 is 5.32 Å². The molecule has 0 fully saturated rings. The summed E-state index contributed by atoms with van der Waals surface area (Å²) >= 11 is 11.8. The van der Waals surface area contributed by atoms with Gasteiger partial charge < -0.3 is 5.32 Å². The molecule has 0 aromatic heterocycles. The number of benzene rings is 2. The van der Waals surface area contributed by atoms with Crippen LogP contribution in [0.2, 0.25) is 10.0 Å². The second-order valence-electron chi connectivity index (χ2n) is 5.65. The zero-order valence-corrected chi connectivity index (χ0v) is 16.6. The Balaban J connectivity index is 2.10. The van der Waals surface area contributed by atoms with Crippen LogP contribution in [0.3, 0.4) is 0 Å². The van der Waals surface area contributed by atoms with Gasteiger partial charge in [0.15, 0.2) is 0 Å². The van der Waals surface area contributed by atoms with Crippen LogP contribution in [-0.4, -0.2) is 32.7 Å². The molecule has 2 aromatic carbocycles. The van der Waals surface area contributed by atoms with Gasteiger partial charge in [-0.05, 0) is 41.5 Å². The third-order valence-corrected chi connectivity index (χ3v) is 5.85. The van der Waals surface area contributed by atoms with E-state index in [1.807, 2.05) is 0 Å². The minimum atomic E-state index is -3.59. The maximum atomic E-state index is 12.3. The average molecular weight is 413 g/mol. The molecular weight excluding hydrogens is 395 g/mol. The molecule has 0 saturated carbocycles. The van der Waals surface area contributed by atoms with Crippen molar-refractivity contribution in [3.63, 3.8) is 0 Å². The maximum Gasteiger partial charge on any atom is 0.244 e. The van der Waals surface area contributed by atoms with E-state index in [0.717, 1.165) is 4.31 Å². The van der Waals surface area contributed by atoms with Crippen LogP contribution in [0.15, 0.2) is 53.4 Å². The number of rotatable bonds is 6. The van der Waals surface area contributed by atoms with Crippen LogP contribution in [0.5, 0.6) is 0 Å². The Morgan fingerprint density at radius 1 is 1.12 bits per heavy atom. The number of nitrogens with zero attached hydrogens (tertiary/aromatic N) is 1. The molecular formula is C18H18Cl2N2O3S. The molecule has 0 aliphatic heterocycles. The van der Waals surface area contributed by atoms with E-state index in [1.165, 1.54) is 26.2 Å². The van der Waals surface area contributed by atoms with Gasteiger partial charge in [0.2, 0.25) is 15.9 Å². The summed E-state index contributed by atoms with van der Waals surface area (Å²) in [6, 6.07) is 11.5. The minimum Gasteiger partial charge on any atom is -0.348 e. The molecule has 0 heterocycles. The highest BCUT2D eigenvalue weighted by molar-refractivity contribution is 7.89. The molecule has 2 aromatic rings. The average Bonchev–Trinajstić information content (AvgIpc) is 2.57. The third kappa shape index (κ3) is 5.32. The first-order valence-corrected chi connectivity index (χ1v) is 9.82. The lowest BCUT2D eigenvalue weighted by atomic mass is 10.2. The molecule has 1 N–H and O–H groups in total. The SMILES string of the molecule is CN(C)S(=O)(=O)c1ccccc1CNC(=O)/C=C/c1cc(Cl)cc(Cl)c1. The Morgan fingerprint density at radius 3 is 2.35 bits per heavy atom. The molecule has 0 saturated heterocycles. The van der Waals surface area contributed by atoms with Crippen molar-refractivity contribution in [1.29, 1.82) is 0 Å². The molecule has 0 aliphatic rings. The van der Waals surface area contributed by atoms with Crippen LogP contribution >= 0.6 is 23.2 Å². The number of nitrogens with one attached hydrogen (secondary N) is 1. The number of amides is 1. The van der Waals surface area contributed by atoms with Gasteiger partial charge in [0, 0.05) is 36.8 Å². The van der Waals surface area contributed by atoms with Crippen LogP contribution in [0.1, 0.15) is 11.1 Å². The second-order valence-corrected chi connectivity index (χ2v) is 8.64. The van der Waals surface area contributed by atoms with Crippen LogP contribution in [0, 0.1) is 0 Å². The van der Waals surface area contributed by atoms with Gasteiger partial charge in [0.1, 0.15) is 0 Å². The highest BCUT2D eigenvalue weighted by Crippen LogP contribution is 2.20. The van der Waals surface area contributed by atoms with Crippen LogP contribution in [-0.2, 0) is 21.4 Å². The Kier molecular flexibility index (Phi) is 6.83. The fourth-order valence-electron chi connectivity index (χ4n) is 2.18. The first kappa shape index (κ1) is 20.5. The highest BCUT2D eigenvalue weighted by atomic mass is 35.5. The first-order valence-electron chi connectivity index (χ1n) is 7.62. The molecule has 0 unspecified atom stereocenters. The monoisotopic (exact) mass is 412 g/mol. The minimum absolute atomic E-state index is 0.0860. The topological polar surface area (TPSA) is 66.5 Å². The van der Waals surface area contributed by atoms with E-state index in [-0.39, 0.29) is 17.3 Å². The zero-order chi connectivity index (χ0) is 19.3. The van der Waals surface area contributed by atoms with E-state index in [1.54, 1.807) is 42.5 Å². The van der Waals surface area contributed by atoms with Crippen molar-refractivity contribution in [2.75, 3.05) is 14.1 Å². The predicted molar refractivity (Wildman–Crippen MR) is 105 cm³/mol. The number of carbonyl (C=O) groups is 1. The molecule has 5 nitrogen and oxygen atoms in total. The fourth-order valence-corrected chi connectivity index (χ4v) is 3.84. The van der Waals surface area contributed by atoms with E-state index in [0.29, 0.717) is 21.2 Å². The third-order valence-electron chi connectivity index (χ3n) is 3.50. The van der Waals surface area contributed by atoms with Crippen molar-refractivity contribution >= 4 is 45.2 Å². The molecule has 1 amide bonds. The van der Waals surface area contributed by atoms with Crippen molar-refractivity contribution in [3.8, 4) is 0 Å². The normalized spacial score (nSPS) is 11.9. The van der Waals surface area contributed by atoms with Gasteiger partial charge in [0.25, 0.3) is 0 Å². The summed E-state index contributed by atoms with van der Waals surface area (Å²) in [5.41, 5.74) is 1.20. The van der Waals surface area contributed by atoms with Gasteiger partial charge in [-0.25, -0.2) is 12.7 Å². The van der Waals surface area contributed by atoms with Crippen molar-refractivity contribution < 1.29 is 13.2 Å². The summed E-state index contributed by atoms with van der Waals surface area (Å²) in [5, 5.41) is 3.62. The summed E-state index contributed by atoms with van der Waals surface area (Å²) < 4.78 is 25.8. The fraction of sp³-hybridized carbons (Fsp3) is 0.167. The molecule has 0 radical (unpaired) electrons. The summed E-state index contributed by atoms with van der Waals surface area (Å²) in [5.74, 6) is -0.363. The number of halogens is 2. The van der Waals surface area contributed by atoms with Crippen molar-refractivity contribution in [2.45, 2.75) is 11.4 Å². The molecule has 0 spiro atoms. The Morgan fingerprint density at radius 2 is 1.73 bits per heavy atom. The molecule has 138 valence electrons.